The van der Waals surface area contributed by atoms with Crippen molar-refractivity contribution in [1.29, 1.82) is 0 Å². The molecule has 1 heterocycles. The SMILES string of the molecule is CCCc1noc(-c2cccc(CN=C(NCC)NCC(CO)c3ccccc3)c2)n1. The number of aryl methyl sites for hydroxylation is 1. The van der Waals surface area contributed by atoms with E-state index in [2.05, 4.69) is 27.7 Å². The van der Waals surface area contributed by atoms with Gasteiger partial charge in [-0.3, -0.25) is 0 Å². The average Bonchev–Trinajstić information content (AvgIpc) is 3.28. The summed E-state index contributed by atoms with van der Waals surface area (Å²) in [6, 6.07) is 18.0. The van der Waals surface area contributed by atoms with Crippen LogP contribution in [0.5, 0.6) is 0 Å². The summed E-state index contributed by atoms with van der Waals surface area (Å²) in [6.45, 7) is 6.05. The molecule has 3 aromatic rings. The van der Waals surface area contributed by atoms with Crippen LogP contribution in [0.25, 0.3) is 11.5 Å². The highest BCUT2D eigenvalue weighted by Gasteiger charge is 2.11. The van der Waals surface area contributed by atoms with Gasteiger partial charge in [-0.15, -0.1) is 0 Å². The van der Waals surface area contributed by atoms with Crippen LogP contribution in [0.3, 0.4) is 0 Å². The van der Waals surface area contributed by atoms with Gasteiger partial charge in [-0.2, -0.15) is 4.98 Å². The van der Waals surface area contributed by atoms with Gasteiger partial charge in [-0.05, 0) is 36.6 Å². The minimum atomic E-state index is 0.00299. The number of guanidine groups is 1. The molecule has 0 aliphatic carbocycles. The molecule has 0 aliphatic rings. The topological polar surface area (TPSA) is 95.6 Å². The van der Waals surface area contributed by atoms with Gasteiger partial charge in [-0.1, -0.05) is 54.5 Å². The number of rotatable bonds is 10. The fourth-order valence-corrected chi connectivity index (χ4v) is 3.24. The smallest absolute Gasteiger partial charge is 0.257 e. The molecule has 0 saturated carbocycles. The summed E-state index contributed by atoms with van der Waals surface area (Å²) in [7, 11) is 0. The molecule has 3 rings (SSSR count). The van der Waals surface area contributed by atoms with Gasteiger partial charge in [0.05, 0.1) is 13.2 Å². The lowest BCUT2D eigenvalue weighted by Gasteiger charge is -2.18. The van der Waals surface area contributed by atoms with Gasteiger partial charge in [0.25, 0.3) is 5.89 Å². The third-order valence-corrected chi connectivity index (χ3v) is 4.89. The van der Waals surface area contributed by atoms with E-state index in [9.17, 15) is 5.11 Å². The second-order valence-electron chi connectivity index (χ2n) is 7.33. The Balaban J connectivity index is 1.65. The molecule has 7 nitrogen and oxygen atoms in total. The molecule has 164 valence electrons. The Morgan fingerprint density at radius 2 is 1.94 bits per heavy atom. The van der Waals surface area contributed by atoms with E-state index in [1.807, 2.05) is 61.5 Å². The monoisotopic (exact) mass is 421 g/mol. The molecule has 0 bridgehead atoms. The van der Waals surface area contributed by atoms with E-state index in [4.69, 9.17) is 9.52 Å². The van der Waals surface area contributed by atoms with Crippen molar-refractivity contribution < 1.29 is 9.63 Å². The third kappa shape index (κ3) is 6.65. The van der Waals surface area contributed by atoms with Crippen molar-refractivity contribution >= 4 is 5.96 Å². The number of nitrogens with zero attached hydrogens (tertiary/aromatic N) is 3. The number of hydrogen-bond acceptors (Lipinski definition) is 5. The molecule has 3 N–H and O–H groups in total. The maximum Gasteiger partial charge on any atom is 0.257 e. The Hall–Kier alpha value is -3.19. The van der Waals surface area contributed by atoms with Gasteiger partial charge in [-0.25, -0.2) is 4.99 Å². The zero-order valence-corrected chi connectivity index (χ0v) is 18.2. The number of nitrogens with one attached hydrogen (secondary N) is 2. The molecule has 1 unspecified atom stereocenters. The number of benzene rings is 2. The fraction of sp³-hybridized carbons (Fsp3) is 0.375. The number of aliphatic hydroxyl groups excluding tert-OH is 1. The summed E-state index contributed by atoms with van der Waals surface area (Å²) >= 11 is 0. The molecule has 0 amide bonds. The van der Waals surface area contributed by atoms with Gasteiger partial charge in [0.1, 0.15) is 0 Å². The quantitative estimate of drug-likeness (QED) is 0.342. The first kappa shape index (κ1) is 22.5. The second kappa shape index (κ2) is 11.9. The van der Waals surface area contributed by atoms with Crippen molar-refractivity contribution in [3.8, 4) is 11.5 Å². The van der Waals surface area contributed by atoms with Crippen molar-refractivity contribution in [3.63, 3.8) is 0 Å². The van der Waals surface area contributed by atoms with E-state index in [0.717, 1.165) is 41.9 Å². The molecule has 31 heavy (non-hydrogen) atoms. The largest absolute Gasteiger partial charge is 0.396 e. The van der Waals surface area contributed by atoms with Crippen LogP contribution in [0.2, 0.25) is 0 Å². The van der Waals surface area contributed by atoms with Crippen LogP contribution < -0.4 is 10.6 Å². The summed E-state index contributed by atoms with van der Waals surface area (Å²) in [5.74, 6) is 1.98. The maximum atomic E-state index is 9.78. The van der Waals surface area contributed by atoms with Gasteiger partial charge in [0.15, 0.2) is 11.8 Å². The second-order valence-corrected chi connectivity index (χ2v) is 7.33. The molecule has 0 spiro atoms. The molecule has 2 aromatic carbocycles. The Morgan fingerprint density at radius 3 is 2.68 bits per heavy atom. The van der Waals surface area contributed by atoms with Crippen LogP contribution in [0.4, 0.5) is 0 Å². The van der Waals surface area contributed by atoms with Crippen LogP contribution in [0.1, 0.15) is 43.1 Å². The van der Waals surface area contributed by atoms with Gasteiger partial charge >= 0.3 is 0 Å². The van der Waals surface area contributed by atoms with E-state index in [-0.39, 0.29) is 12.5 Å². The number of aromatic nitrogens is 2. The van der Waals surface area contributed by atoms with Crippen LogP contribution in [0, 0.1) is 0 Å². The molecule has 0 radical (unpaired) electrons. The van der Waals surface area contributed by atoms with Crippen LogP contribution in [-0.2, 0) is 13.0 Å². The first-order valence-corrected chi connectivity index (χ1v) is 10.8. The van der Waals surface area contributed by atoms with Crippen molar-refractivity contribution in [2.75, 3.05) is 19.7 Å². The highest BCUT2D eigenvalue weighted by Crippen LogP contribution is 2.19. The third-order valence-electron chi connectivity index (χ3n) is 4.89. The molecular formula is C24H31N5O2. The Labute approximate surface area is 183 Å². The molecule has 1 aromatic heterocycles. The van der Waals surface area contributed by atoms with Gasteiger partial charge in [0, 0.05) is 31.0 Å². The summed E-state index contributed by atoms with van der Waals surface area (Å²) in [5, 5.41) is 20.4. The van der Waals surface area contributed by atoms with Gasteiger partial charge in [0.2, 0.25) is 0 Å². The summed E-state index contributed by atoms with van der Waals surface area (Å²) < 4.78 is 5.40. The normalized spacial score (nSPS) is 12.5. The molecule has 1 atom stereocenters. The summed E-state index contributed by atoms with van der Waals surface area (Å²) in [4.78, 5) is 9.16. The summed E-state index contributed by atoms with van der Waals surface area (Å²) in [6.07, 6.45) is 1.79. The fourth-order valence-electron chi connectivity index (χ4n) is 3.24. The molecule has 0 aliphatic heterocycles. The highest BCUT2D eigenvalue weighted by molar-refractivity contribution is 5.79. The predicted molar refractivity (Wildman–Crippen MR) is 123 cm³/mol. The number of aliphatic imine (C=N–C) groups is 1. The van der Waals surface area contributed by atoms with E-state index < -0.39 is 0 Å². The first-order chi connectivity index (χ1) is 15.2. The Kier molecular flexibility index (Phi) is 8.60. The van der Waals surface area contributed by atoms with Crippen LogP contribution in [0.15, 0.2) is 64.1 Å². The summed E-state index contributed by atoms with van der Waals surface area (Å²) in [5.41, 5.74) is 3.04. The van der Waals surface area contributed by atoms with E-state index in [1.165, 1.54) is 0 Å². The standard InChI is InChI=1S/C24H31N5O2/c1-3-9-22-28-23(31-29-22)20-13-8-10-18(14-20)15-26-24(25-4-2)27-16-21(17-30)19-11-6-5-7-12-19/h5-8,10-14,21,30H,3-4,9,15-17H2,1-2H3,(H2,25,26,27). The molecule has 0 saturated heterocycles. The zero-order valence-electron chi connectivity index (χ0n) is 18.2. The molecular weight excluding hydrogens is 390 g/mol. The molecule has 7 heteroatoms. The minimum absolute atomic E-state index is 0.00299. The van der Waals surface area contributed by atoms with Crippen molar-refractivity contribution in [3.05, 3.63) is 71.5 Å². The zero-order chi connectivity index (χ0) is 21.9. The first-order valence-electron chi connectivity index (χ1n) is 10.8. The van der Waals surface area contributed by atoms with Crippen LogP contribution in [-0.4, -0.2) is 40.9 Å². The lowest BCUT2D eigenvalue weighted by atomic mass is 10.0. The minimum Gasteiger partial charge on any atom is -0.396 e. The molecule has 0 fully saturated rings. The maximum absolute atomic E-state index is 9.78. The van der Waals surface area contributed by atoms with Gasteiger partial charge < -0.3 is 20.3 Å². The van der Waals surface area contributed by atoms with E-state index in [1.54, 1.807) is 0 Å². The van der Waals surface area contributed by atoms with Crippen molar-refractivity contribution in [2.24, 2.45) is 4.99 Å². The lowest BCUT2D eigenvalue weighted by Crippen LogP contribution is -2.39. The van der Waals surface area contributed by atoms with Crippen molar-refractivity contribution in [1.82, 2.24) is 20.8 Å². The Bertz CT molecular complexity index is 955. The van der Waals surface area contributed by atoms with E-state index in [0.29, 0.717) is 24.9 Å². The average molecular weight is 422 g/mol. The Morgan fingerprint density at radius 1 is 1.10 bits per heavy atom. The lowest BCUT2D eigenvalue weighted by molar-refractivity contribution is 0.265. The van der Waals surface area contributed by atoms with Crippen LogP contribution >= 0.6 is 0 Å². The number of aliphatic hydroxyl groups is 1. The number of hydrogen-bond donors (Lipinski definition) is 3. The highest BCUT2D eigenvalue weighted by atomic mass is 16.5. The van der Waals surface area contributed by atoms with E-state index >= 15 is 0 Å². The van der Waals surface area contributed by atoms with Crippen molar-refractivity contribution in [2.45, 2.75) is 39.2 Å². The predicted octanol–water partition coefficient (Wildman–Crippen LogP) is 3.52.